The van der Waals surface area contributed by atoms with Gasteiger partial charge >= 0.3 is 0 Å². The van der Waals surface area contributed by atoms with Crippen LogP contribution in [0, 0.1) is 19.3 Å². The van der Waals surface area contributed by atoms with Crippen molar-refractivity contribution in [2.75, 3.05) is 0 Å². The molecule has 2 heteroatoms. The molecule has 0 aliphatic carbocycles. The first-order valence-electron chi connectivity index (χ1n) is 3.41. The maximum Gasteiger partial charge on any atom is 0.151 e. The molecule has 0 unspecified atom stereocenters. The molecular weight excluding hydrogens is 172 g/mol. The third kappa shape index (κ3) is 1.49. The van der Waals surface area contributed by atoms with Crippen molar-refractivity contribution in [2.45, 2.75) is 6.92 Å². The number of hydrogen-bond acceptors (Lipinski definition) is 1. The van der Waals surface area contributed by atoms with E-state index < -0.39 is 0 Å². The molecule has 1 aromatic carbocycles. The van der Waals surface area contributed by atoms with Crippen LogP contribution in [0.25, 0.3) is 0 Å². The Bertz CT molecular complexity index is 361. The first-order valence-corrected chi connectivity index (χ1v) is 3.78. The van der Waals surface area contributed by atoms with Gasteiger partial charge in [-0.25, -0.2) is 0 Å². The van der Waals surface area contributed by atoms with E-state index >= 15 is 0 Å². The van der Waals surface area contributed by atoms with Gasteiger partial charge in [0.15, 0.2) is 6.29 Å². The molecular formula is C10H7ClO. The molecule has 0 N–H and O–H groups in total. The highest BCUT2D eigenvalue weighted by Crippen LogP contribution is 2.20. The molecule has 0 spiro atoms. The van der Waals surface area contributed by atoms with Crippen LogP contribution in [0.15, 0.2) is 12.1 Å². The van der Waals surface area contributed by atoms with E-state index in [1.165, 1.54) is 0 Å². The summed E-state index contributed by atoms with van der Waals surface area (Å²) in [5.74, 6) is 2.38. The Labute approximate surface area is 76.4 Å². The van der Waals surface area contributed by atoms with E-state index in [2.05, 4.69) is 5.92 Å². The zero-order chi connectivity index (χ0) is 9.14. The highest BCUT2D eigenvalue weighted by molar-refractivity contribution is 6.32. The number of terminal acetylenes is 1. The highest BCUT2D eigenvalue weighted by atomic mass is 35.5. The smallest absolute Gasteiger partial charge is 0.151 e. The van der Waals surface area contributed by atoms with Crippen molar-refractivity contribution in [2.24, 2.45) is 0 Å². The lowest BCUT2D eigenvalue weighted by molar-refractivity contribution is 0.112. The molecule has 0 bridgehead atoms. The Morgan fingerprint density at radius 3 is 2.75 bits per heavy atom. The van der Waals surface area contributed by atoms with Crippen LogP contribution < -0.4 is 0 Å². The summed E-state index contributed by atoms with van der Waals surface area (Å²) in [5, 5.41) is 0.458. The van der Waals surface area contributed by atoms with Crippen molar-refractivity contribution in [3.8, 4) is 12.3 Å². The van der Waals surface area contributed by atoms with E-state index in [9.17, 15) is 4.79 Å². The quantitative estimate of drug-likeness (QED) is 0.477. The normalized spacial score (nSPS) is 9.08. The number of halogens is 1. The predicted octanol–water partition coefficient (Wildman–Crippen LogP) is 2.44. The van der Waals surface area contributed by atoms with Gasteiger partial charge in [-0.15, -0.1) is 6.42 Å². The lowest BCUT2D eigenvalue weighted by atomic mass is 10.1. The Hall–Kier alpha value is -1.26. The molecule has 0 radical (unpaired) electrons. The third-order valence-corrected chi connectivity index (χ3v) is 1.83. The average Bonchev–Trinajstić information content (AvgIpc) is 2.03. The molecule has 1 aromatic rings. The highest BCUT2D eigenvalue weighted by Gasteiger charge is 2.04. The van der Waals surface area contributed by atoms with Gasteiger partial charge in [0.1, 0.15) is 0 Å². The zero-order valence-corrected chi connectivity index (χ0v) is 7.35. The second-order valence-corrected chi connectivity index (χ2v) is 2.88. The number of benzene rings is 1. The van der Waals surface area contributed by atoms with E-state index in [1.54, 1.807) is 12.1 Å². The second kappa shape index (κ2) is 3.42. The summed E-state index contributed by atoms with van der Waals surface area (Å²) in [6.45, 7) is 1.86. The van der Waals surface area contributed by atoms with Gasteiger partial charge in [-0.05, 0) is 24.6 Å². The first kappa shape index (κ1) is 8.83. The summed E-state index contributed by atoms with van der Waals surface area (Å²) >= 11 is 5.81. The van der Waals surface area contributed by atoms with Crippen LogP contribution in [0.3, 0.4) is 0 Å². The Morgan fingerprint density at radius 2 is 2.25 bits per heavy atom. The van der Waals surface area contributed by atoms with Gasteiger partial charge < -0.3 is 0 Å². The van der Waals surface area contributed by atoms with Crippen LogP contribution in [-0.4, -0.2) is 6.29 Å². The van der Waals surface area contributed by atoms with Gasteiger partial charge in [-0.3, -0.25) is 4.79 Å². The summed E-state index contributed by atoms with van der Waals surface area (Å²) in [5.41, 5.74) is 1.88. The monoisotopic (exact) mass is 178 g/mol. The van der Waals surface area contributed by atoms with Crippen molar-refractivity contribution in [1.29, 1.82) is 0 Å². The van der Waals surface area contributed by atoms with Gasteiger partial charge in [0.05, 0.1) is 10.6 Å². The third-order valence-electron chi connectivity index (χ3n) is 1.54. The fourth-order valence-electron chi connectivity index (χ4n) is 1.01. The average molecular weight is 179 g/mol. The lowest BCUT2D eigenvalue weighted by Gasteiger charge is -2.01. The van der Waals surface area contributed by atoms with Crippen LogP contribution in [0.4, 0.5) is 0 Å². The predicted molar refractivity (Wildman–Crippen MR) is 49.5 cm³/mol. The van der Waals surface area contributed by atoms with E-state index in [0.29, 0.717) is 22.4 Å². The van der Waals surface area contributed by atoms with Crippen molar-refractivity contribution < 1.29 is 4.79 Å². The summed E-state index contributed by atoms with van der Waals surface area (Å²) in [6.07, 6.45) is 5.90. The largest absolute Gasteiger partial charge is 0.298 e. The molecule has 60 valence electrons. The number of aryl methyl sites for hydroxylation is 1. The molecule has 1 nitrogen and oxygen atoms in total. The number of carbonyl (C=O) groups excluding carboxylic acids is 1. The number of hydrogen-bond donors (Lipinski definition) is 0. The molecule has 0 aromatic heterocycles. The molecule has 0 aliphatic rings. The SMILES string of the molecule is C#Cc1c(Cl)cc(C)cc1C=O. The molecule has 0 fully saturated rings. The topological polar surface area (TPSA) is 17.1 Å². The van der Waals surface area contributed by atoms with Crippen molar-refractivity contribution in [3.05, 3.63) is 33.8 Å². The molecule has 0 saturated heterocycles. The lowest BCUT2D eigenvalue weighted by Crippen LogP contribution is -1.89. The minimum absolute atomic E-state index is 0.458. The van der Waals surface area contributed by atoms with Gasteiger partial charge in [0.2, 0.25) is 0 Å². The van der Waals surface area contributed by atoms with Crippen molar-refractivity contribution in [3.63, 3.8) is 0 Å². The van der Waals surface area contributed by atoms with E-state index in [4.69, 9.17) is 18.0 Å². The van der Waals surface area contributed by atoms with Crippen LogP contribution in [0.1, 0.15) is 21.5 Å². The molecule has 1 rings (SSSR count). The van der Waals surface area contributed by atoms with Crippen LogP contribution in [-0.2, 0) is 0 Å². The summed E-state index contributed by atoms with van der Waals surface area (Å²) < 4.78 is 0. The summed E-state index contributed by atoms with van der Waals surface area (Å²) in [7, 11) is 0. The number of aldehydes is 1. The van der Waals surface area contributed by atoms with E-state index in [1.807, 2.05) is 6.92 Å². The van der Waals surface area contributed by atoms with Crippen LogP contribution >= 0.6 is 11.6 Å². The fourth-order valence-corrected chi connectivity index (χ4v) is 1.35. The Balaban J connectivity index is 3.46. The van der Waals surface area contributed by atoms with Crippen LogP contribution in [0.5, 0.6) is 0 Å². The molecule has 12 heavy (non-hydrogen) atoms. The van der Waals surface area contributed by atoms with Crippen molar-refractivity contribution in [1.82, 2.24) is 0 Å². The van der Waals surface area contributed by atoms with E-state index in [-0.39, 0.29) is 0 Å². The summed E-state index contributed by atoms with van der Waals surface area (Å²) in [6, 6.07) is 3.46. The maximum atomic E-state index is 10.5. The summed E-state index contributed by atoms with van der Waals surface area (Å²) in [4.78, 5) is 10.5. The molecule has 0 saturated carbocycles. The Kier molecular flexibility index (Phi) is 2.52. The molecule has 0 aliphatic heterocycles. The molecule has 0 amide bonds. The van der Waals surface area contributed by atoms with Crippen LogP contribution in [0.2, 0.25) is 5.02 Å². The standard InChI is InChI=1S/C10H7ClO/c1-3-9-8(6-12)4-7(2)5-10(9)11/h1,4-6H,2H3. The fraction of sp³-hybridized carbons (Fsp3) is 0.100. The van der Waals surface area contributed by atoms with Crippen molar-refractivity contribution >= 4 is 17.9 Å². The van der Waals surface area contributed by atoms with Gasteiger partial charge in [-0.1, -0.05) is 17.5 Å². The maximum absolute atomic E-state index is 10.5. The number of carbonyl (C=O) groups is 1. The Morgan fingerprint density at radius 1 is 1.58 bits per heavy atom. The first-order chi connectivity index (χ1) is 5.69. The second-order valence-electron chi connectivity index (χ2n) is 2.47. The minimum atomic E-state index is 0.458. The van der Waals surface area contributed by atoms with Gasteiger partial charge in [0.25, 0.3) is 0 Å². The molecule has 0 heterocycles. The zero-order valence-electron chi connectivity index (χ0n) is 6.60. The van der Waals surface area contributed by atoms with Gasteiger partial charge in [-0.2, -0.15) is 0 Å². The minimum Gasteiger partial charge on any atom is -0.298 e. The van der Waals surface area contributed by atoms with Gasteiger partial charge in [0, 0.05) is 5.56 Å². The van der Waals surface area contributed by atoms with E-state index in [0.717, 1.165) is 5.56 Å². The number of rotatable bonds is 1. The molecule has 0 atom stereocenters.